The van der Waals surface area contributed by atoms with Crippen LogP contribution in [0.1, 0.15) is 75.4 Å². The number of benzene rings is 2. The Morgan fingerprint density at radius 3 is 2.32 bits per heavy atom. The zero-order valence-corrected chi connectivity index (χ0v) is 22.7. The normalized spacial score (nSPS) is 15.2. The van der Waals surface area contributed by atoms with Crippen LogP contribution in [0.3, 0.4) is 0 Å². The van der Waals surface area contributed by atoms with Crippen molar-refractivity contribution in [2.24, 2.45) is 5.41 Å². The van der Waals surface area contributed by atoms with Crippen molar-refractivity contribution in [2.45, 2.75) is 65.5 Å². The van der Waals surface area contributed by atoms with Crippen LogP contribution in [0, 0.1) is 5.41 Å². The summed E-state index contributed by atoms with van der Waals surface area (Å²) in [6.07, 6.45) is 1.20. The van der Waals surface area contributed by atoms with Crippen LogP contribution in [0.4, 0.5) is 13.2 Å². The van der Waals surface area contributed by atoms with Crippen LogP contribution in [-0.4, -0.2) is 16.1 Å². The van der Waals surface area contributed by atoms with Crippen LogP contribution in [-0.2, 0) is 11.8 Å². The minimum atomic E-state index is -4.27. The third kappa shape index (κ3) is 4.42. The molecule has 5 rings (SSSR count). The topological polar surface area (TPSA) is 25.8 Å². The summed E-state index contributed by atoms with van der Waals surface area (Å²) in [5.41, 5.74) is 5.75. The smallest absolute Gasteiger partial charge is 0.256 e. The van der Waals surface area contributed by atoms with E-state index in [4.69, 9.17) is 4.98 Å². The standard InChI is InChI=1S/C33H33F3N2/c1-20(2)26-16-24(15-22-9-7-8-10-25(22)26)30-29-23(13-14-37-30)17-27(32(29,5)6)28-12-11-21(19-38-28)18-31(3,4)33(34,35)36/h7-17,19-20H,18H2,1-6H3. The maximum atomic E-state index is 13.4. The molecule has 0 atom stereocenters. The van der Waals surface area contributed by atoms with Crippen LogP contribution in [0.2, 0.25) is 0 Å². The molecule has 0 N–H and O–H groups in total. The molecular formula is C33H33F3N2. The second-order valence-corrected chi connectivity index (χ2v) is 11.9. The van der Waals surface area contributed by atoms with Gasteiger partial charge in [0.15, 0.2) is 0 Å². The van der Waals surface area contributed by atoms with Gasteiger partial charge in [-0.3, -0.25) is 9.97 Å². The Kier molecular flexibility index (Phi) is 6.24. The first kappa shape index (κ1) is 26.1. The summed E-state index contributed by atoms with van der Waals surface area (Å²) in [7, 11) is 0. The fourth-order valence-corrected chi connectivity index (χ4v) is 5.59. The molecule has 2 aromatic heterocycles. The molecule has 0 bridgehead atoms. The Balaban J connectivity index is 1.54. The molecule has 5 heteroatoms. The summed E-state index contributed by atoms with van der Waals surface area (Å²) in [4.78, 5) is 9.50. The lowest BCUT2D eigenvalue weighted by atomic mass is 9.77. The minimum Gasteiger partial charge on any atom is -0.256 e. The van der Waals surface area contributed by atoms with Gasteiger partial charge in [0.05, 0.1) is 16.8 Å². The van der Waals surface area contributed by atoms with E-state index in [0.717, 1.165) is 33.7 Å². The molecule has 0 saturated carbocycles. The number of rotatable bonds is 5. The second-order valence-electron chi connectivity index (χ2n) is 11.9. The third-order valence-electron chi connectivity index (χ3n) is 7.88. The number of nitrogens with zero attached hydrogens (tertiary/aromatic N) is 2. The first-order chi connectivity index (χ1) is 17.8. The van der Waals surface area contributed by atoms with Crippen molar-refractivity contribution in [3.63, 3.8) is 0 Å². The van der Waals surface area contributed by atoms with E-state index >= 15 is 0 Å². The zero-order chi connectivity index (χ0) is 27.5. The maximum absolute atomic E-state index is 13.4. The largest absolute Gasteiger partial charge is 0.394 e. The van der Waals surface area contributed by atoms with Crippen molar-refractivity contribution < 1.29 is 13.2 Å². The molecular weight excluding hydrogens is 481 g/mol. The van der Waals surface area contributed by atoms with Gasteiger partial charge in [0, 0.05) is 23.4 Å². The highest BCUT2D eigenvalue weighted by atomic mass is 19.4. The molecule has 0 saturated heterocycles. The Hall–Kier alpha value is -3.47. The molecule has 38 heavy (non-hydrogen) atoms. The predicted molar refractivity (Wildman–Crippen MR) is 150 cm³/mol. The molecule has 0 radical (unpaired) electrons. The highest BCUT2D eigenvalue weighted by Gasteiger charge is 2.47. The maximum Gasteiger partial charge on any atom is 0.394 e. The number of hydrogen-bond donors (Lipinski definition) is 0. The molecule has 0 spiro atoms. The Morgan fingerprint density at radius 2 is 1.66 bits per heavy atom. The quantitative estimate of drug-likeness (QED) is 0.265. The lowest BCUT2D eigenvalue weighted by molar-refractivity contribution is -0.211. The van der Waals surface area contributed by atoms with Gasteiger partial charge in [-0.15, -0.1) is 0 Å². The van der Waals surface area contributed by atoms with E-state index in [1.807, 2.05) is 18.3 Å². The summed E-state index contributed by atoms with van der Waals surface area (Å²) >= 11 is 0. The van der Waals surface area contributed by atoms with E-state index < -0.39 is 11.6 Å². The van der Waals surface area contributed by atoms with Crippen LogP contribution >= 0.6 is 0 Å². The van der Waals surface area contributed by atoms with Gasteiger partial charge in [0.25, 0.3) is 0 Å². The molecule has 196 valence electrons. The van der Waals surface area contributed by atoms with Crippen molar-refractivity contribution in [1.29, 1.82) is 0 Å². The van der Waals surface area contributed by atoms with Gasteiger partial charge in [0.1, 0.15) is 0 Å². The van der Waals surface area contributed by atoms with Crippen LogP contribution in [0.15, 0.2) is 67.0 Å². The number of pyridine rings is 2. The molecule has 0 amide bonds. The van der Waals surface area contributed by atoms with Gasteiger partial charge in [-0.25, -0.2) is 0 Å². The summed E-state index contributed by atoms with van der Waals surface area (Å²) in [6, 6.07) is 18.6. The van der Waals surface area contributed by atoms with Crippen LogP contribution in [0.25, 0.3) is 33.7 Å². The molecule has 0 aliphatic heterocycles. The molecule has 4 aromatic rings. The van der Waals surface area contributed by atoms with E-state index in [9.17, 15) is 13.2 Å². The van der Waals surface area contributed by atoms with Gasteiger partial charge < -0.3 is 0 Å². The van der Waals surface area contributed by atoms with Crippen molar-refractivity contribution in [1.82, 2.24) is 9.97 Å². The van der Waals surface area contributed by atoms with E-state index in [1.165, 1.54) is 30.2 Å². The fourth-order valence-electron chi connectivity index (χ4n) is 5.59. The highest BCUT2D eigenvalue weighted by molar-refractivity contribution is 5.97. The summed E-state index contributed by atoms with van der Waals surface area (Å²) in [5, 5.41) is 2.45. The molecule has 2 aromatic carbocycles. The molecule has 1 aliphatic carbocycles. The van der Waals surface area contributed by atoms with Crippen LogP contribution < -0.4 is 0 Å². The first-order valence-corrected chi connectivity index (χ1v) is 13.1. The van der Waals surface area contributed by atoms with Gasteiger partial charge in [-0.2, -0.15) is 13.2 Å². The fraction of sp³-hybridized carbons (Fsp3) is 0.333. The Bertz CT molecular complexity index is 1540. The molecule has 1 aliphatic rings. The zero-order valence-electron chi connectivity index (χ0n) is 22.7. The summed E-state index contributed by atoms with van der Waals surface area (Å²) < 4.78 is 40.2. The van der Waals surface area contributed by atoms with E-state index in [2.05, 4.69) is 75.2 Å². The molecule has 0 unspecified atom stereocenters. The number of fused-ring (bicyclic) bond motifs is 2. The van der Waals surface area contributed by atoms with E-state index in [-0.39, 0.29) is 11.8 Å². The van der Waals surface area contributed by atoms with Crippen molar-refractivity contribution in [2.75, 3.05) is 0 Å². The number of halogens is 3. The van der Waals surface area contributed by atoms with Crippen LogP contribution in [0.5, 0.6) is 0 Å². The van der Waals surface area contributed by atoms with E-state index in [1.54, 1.807) is 12.3 Å². The molecule has 2 heterocycles. The lowest BCUT2D eigenvalue weighted by Crippen LogP contribution is -2.34. The number of hydrogen-bond acceptors (Lipinski definition) is 2. The summed E-state index contributed by atoms with van der Waals surface area (Å²) in [6.45, 7) is 11.2. The van der Waals surface area contributed by atoms with Gasteiger partial charge >= 0.3 is 6.18 Å². The minimum absolute atomic E-state index is 0.110. The summed E-state index contributed by atoms with van der Waals surface area (Å²) in [5.74, 6) is 0.364. The van der Waals surface area contributed by atoms with Crippen molar-refractivity contribution >= 4 is 22.4 Å². The monoisotopic (exact) mass is 514 g/mol. The van der Waals surface area contributed by atoms with Gasteiger partial charge in [-0.05, 0) is 81.3 Å². The third-order valence-corrected chi connectivity index (χ3v) is 7.88. The lowest BCUT2D eigenvalue weighted by Gasteiger charge is -2.28. The number of allylic oxidation sites excluding steroid dienone is 1. The predicted octanol–water partition coefficient (Wildman–Crippen LogP) is 9.38. The molecule has 0 fully saturated rings. The average Bonchev–Trinajstić information content (AvgIpc) is 3.13. The first-order valence-electron chi connectivity index (χ1n) is 13.1. The number of aromatic nitrogens is 2. The van der Waals surface area contributed by atoms with Gasteiger partial charge in [-0.1, -0.05) is 71.9 Å². The Labute approximate surface area is 222 Å². The van der Waals surface area contributed by atoms with Crippen molar-refractivity contribution in [3.05, 3.63) is 94.9 Å². The molecule has 2 nitrogen and oxygen atoms in total. The second kappa shape index (κ2) is 9.07. The highest BCUT2D eigenvalue weighted by Crippen LogP contribution is 2.49. The van der Waals surface area contributed by atoms with Gasteiger partial charge in [0.2, 0.25) is 0 Å². The average molecular weight is 515 g/mol. The van der Waals surface area contributed by atoms with E-state index in [0.29, 0.717) is 11.5 Å². The Morgan fingerprint density at radius 1 is 0.921 bits per heavy atom. The SMILES string of the molecule is CC(C)c1cc(-c2nccc3c2C(C)(C)C(c2ccc(CC(C)(C)C(F)(F)F)cn2)=C3)cc2ccccc12. The number of alkyl halides is 3. The van der Waals surface area contributed by atoms with Crippen molar-refractivity contribution in [3.8, 4) is 11.3 Å².